The van der Waals surface area contributed by atoms with Gasteiger partial charge in [-0.2, -0.15) is 13.2 Å². The lowest BCUT2D eigenvalue weighted by Gasteiger charge is -2.44. The maximum absolute atomic E-state index is 13.0. The number of carbonyl (C=O) groups is 1. The number of halogens is 3. The van der Waals surface area contributed by atoms with Gasteiger partial charge in [-0.1, -0.05) is 12.1 Å². The van der Waals surface area contributed by atoms with Crippen LogP contribution < -0.4 is 5.32 Å². The zero-order valence-corrected chi connectivity index (χ0v) is 13.2. The number of nitrogens with zero attached hydrogens (tertiary/aromatic N) is 2. The van der Waals surface area contributed by atoms with Gasteiger partial charge < -0.3 is 9.88 Å². The van der Waals surface area contributed by atoms with E-state index in [1.807, 2.05) is 0 Å². The minimum absolute atomic E-state index is 0.231. The Kier molecular flexibility index (Phi) is 4.11. The summed E-state index contributed by atoms with van der Waals surface area (Å²) in [7, 11) is 0. The number of hydrogen-bond acceptors (Lipinski definition) is 2. The van der Waals surface area contributed by atoms with Gasteiger partial charge in [0.1, 0.15) is 6.04 Å². The fourth-order valence-corrected chi connectivity index (χ4v) is 2.98. The molecule has 1 aromatic heterocycles. The van der Waals surface area contributed by atoms with Crippen LogP contribution >= 0.6 is 0 Å². The first-order valence-corrected chi connectivity index (χ1v) is 7.79. The minimum Gasteiger partial charge on any atom is -0.345 e. The molecule has 1 saturated carbocycles. The molecule has 1 aromatic carbocycles. The van der Waals surface area contributed by atoms with Crippen molar-refractivity contribution in [3.05, 3.63) is 54.1 Å². The Morgan fingerprint density at radius 1 is 1.38 bits per heavy atom. The Hall–Kier alpha value is -2.31. The number of hydrogen-bond donors (Lipinski definition) is 1. The van der Waals surface area contributed by atoms with Crippen molar-refractivity contribution in [3.8, 4) is 0 Å². The standard InChI is InChI=1S/C17H18F3N3O/c1-12(23-9-8-21-11-23)15(24)22-16(6-3-7-16)13-4-2-5-14(10-13)17(18,19)20/h2,4-5,8-12H,3,6-7H2,1H3,(H,22,24)/t12-/m0/s1. The van der Waals surface area contributed by atoms with E-state index in [1.165, 1.54) is 6.07 Å². The molecule has 0 spiro atoms. The van der Waals surface area contributed by atoms with E-state index in [4.69, 9.17) is 0 Å². The summed E-state index contributed by atoms with van der Waals surface area (Å²) in [6, 6.07) is 4.75. The van der Waals surface area contributed by atoms with E-state index in [0.29, 0.717) is 18.4 Å². The second-order valence-corrected chi connectivity index (χ2v) is 6.19. The molecule has 0 aliphatic heterocycles. The average Bonchev–Trinajstić information content (AvgIpc) is 3.03. The number of aromatic nitrogens is 2. The van der Waals surface area contributed by atoms with Gasteiger partial charge in [-0.25, -0.2) is 4.98 Å². The number of carbonyl (C=O) groups excluding carboxylic acids is 1. The van der Waals surface area contributed by atoms with Gasteiger partial charge in [0.05, 0.1) is 17.4 Å². The number of benzene rings is 1. The van der Waals surface area contributed by atoms with E-state index < -0.39 is 23.3 Å². The summed E-state index contributed by atoms with van der Waals surface area (Å²) in [5, 5.41) is 2.96. The Labute approximate surface area is 137 Å². The molecule has 1 aliphatic rings. The van der Waals surface area contributed by atoms with Crippen LogP contribution in [-0.2, 0) is 16.5 Å². The number of alkyl halides is 3. The summed E-state index contributed by atoms with van der Waals surface area (Å²) in [4.78, 5) is 16.4. The first kappa shape index (κ1) is 16.5. The third-order valence-electron chi connectivity index (χ3n) is 4.66. The number of nitrogens with one attached hydrogen (secondary N) is 1. The molecular formula is C17H18F3N3O. The molecule has 7 heteroatoms. The molecule has 0 saturated heterocycles. The lowest BCUT2D eigenvalue weighted by atomic mass is 9.71. The van der Waals surface area contributed by atoms with Crippen LogP contribution in [0, 0.1) is 0 Å². The quantitative estimate of drug-likeness (QED) is 0.925. The highest BCUT2D eigenvalue weighted by molar-refractivity contribution is 5.81. The molecule has 1 fully saturated rings. The first-order valence-electron chi connectivity index (χ1n) is 7.79. The molecule has 4 nitrogen and oxygen atoms in total. The van der Waals surface area contributed by atoms with Gasteiger partial charge in [-0.3, -0.25) is 4.79 Å². The van der Waals surface area contributed by atoms with Crippen LogP contribution in [0.5, 0.6) is 0 Å². The lowest BCUT2D eigenvalue weighted by Crippen LogP contribution is -2.52. The van der Waals surface area contributed by atoms with Crippen LogP contribution in [0.2, 0.25) is 0 Å². The molecule has 1 heterocycles. The van der Waals surface area contributed by atoms with Crippen LogP contribution in [0.1, 0.15) is 43.4 Å². The summed E-state index contributed by atoms with van der Waals surface area (Å²) < 4.78 is 40.5. The van der Waals surface area contributed by atoms with E-state index in [1.54, 1.807) is 36.3 Å². The van der Waals surface area contributed by atoms with Gasteiger partial charge in [0.15, 0.2) is 0 Å². The summed E-state index contributed by atoms with van der Waals surface area (Å²) in [6.07, 6.45) is 2.55. The maximum Gasteiger partial charge on any atom is 0.416 e. The van der Waals surface area contributed by atoms with Crippen molar-refractivity contribution >= 4 is 5.91 Å². The number of rotatable bonds is 4. The maximum atomic E-state index is 13.0. The average molecular weight is 337 g/mol. The SMILES string of the molecule is C[C@@H](C(=O)NC1(c2cccc(C(F)(F)F)c2)CCC1)n1ccnc1. The molecule has 1 aliphatic carbocycles. The molecule has 24 heavy (non-hydrogen) atoms. The van der Waals surface area contributed by atoms with Gasteiger partial charge >= 0.3 is 6.18 Å². The number of imidazole rings is 1. The smallest absolute Gasteiger partial charge is 0.345 e. The topological polar surface area (TPSA) is 46.9 Å². The zero-order valence-electron chi connectivity index (χ0n) is 13.2. The van der Waals surface area contributed by atoms with E-state index in [2.05, 4.69) is 10.3 Å². The second-order valence-electron chi connectivity index (χ2n) is 6.19. The molecule has 128 valence electrons. The van der Waals surface area contributed by atoms with Gasteiger partial charge in [0.25, 0.3) is 0 Å². The normalized spacial score (nSPS) is 17.8. The highest BCUT2D eigenvalue weighted by Gasteiger charge is 2.42. The van der Waals surface area contributed by atoms with Crippen LogP contribution in [0.15, 0.2) is 43.0 Å². The zero-order chi connectivity index (χ0) is 17.4. The highest BCUT2D eigenvalue weighted by atomic mass is 19.4. The van der Waals surface area contributed by atoms with Gasteiger partial charge in [0, 0.05) is 12.4 Å². The van der Waals surface area contributed by atoms with Gasteiger partial charge in [0.2, 0.25) is 5.91 Å². The van der Waals surface area contributed by atoms with Crippen molar-refractivity contribution in [2.24, 2.45) is 0 Å². The predicted molar refractivity (Wildman–Crippen MR) is 82.1 cm³/mol. The third kappa shape index (κ3) is 3.02. The Balaban J connectivity index is 1.84. The summed E-state index contributed by atoms with van der Waals surface area (Å²) in [6.45, 7) is 1.73. The van der Waals surface area contributed by atoms with E-state index >= 15 is 0 Å². The minimum atomic E-state index is -4.39. The Bertz CT molecular complexity index is 721. The Morgan fingerprint density at radius 2 is 2.12 bits per heavy atom. The first-order chi connectivity index (χ1) is 11.3. The molecular weight excluding hydrogens is 319 g/mol. The fraction of sp³-hybridized carbons (Fsp3) is 0.412. The lowest BCUT2D eigenvalue weighted by molar-refractivity contribution is -0.137. The van der Waals surface area contributed by atoms with Crippen molar-refractivity contribution in [3.63, 3.8) is 0 Å². The molecule has 1 N–H and O–H groups in total. The van der Waals surface area contributed by atoms with Crippen LogP contribution in [0.25, 0.3) is 0 Å². The van der Waals surface area contributed by atoms with Crippen molar-refractivity contribution in [2.75, 3.05) is 0 Å². The number of amides is 1. The second kappa shape index (κ2) is 5.96. The van der Waals surface area contributed by atoms with Crippen molar-refractivity contribution < 1.29 is 18.0 Å². The Morgan fingerprint density at radius 3 is 2.67 bits per heavy atom. The van der Waals surface area contributed by atoms with Crippen molar-refractivity contribution in [1.82, 2.24) is 14.9 Å². The fourth-order valence-electron chi connectivity index (χ4n) is 2.98. The molecule has 1 amide bonds. The van der Waals surface area contributed by atoms with E-state index in [-0.39, 0.29) is 5.91 Å². The van der Waals surface area contributed by atoms with Gasteiger partial charge in [-0.05, 0) is 43.9 Å². The van der Waals surface area contributed by atoms with Crippen LogP contribution in [-0.4, -0.2) is 15.5 Å². The third-order valence-corrected chi connectivity index (χ3v) is 4.66. The summed E-state index contributed by atoms with van der Waals surface area (Å²) in [5.74, 6) is -0.231. The van der Waals surface area contributed by atoms with Gasteiger partial charge in [-0.15, -0.1) is 0 Å². The van der Waals surface area contributed by atoms with Crippen molar-refractivity contribution in [1.29, 1.82) is 0 Å². The largest absolute Gasteiger partial charge is 0.416 e. The molecule has 1 atom stereocenters. The highest BCUT2D eigenvalue weighted by Crippen LogP contribution is 2.43. The summed E-state index contributed by atoms with van der Waals surface area (Å²) in [5.41, 5.74) is -0.898. The van der Waals surface area contributed by atoms with Crippen molar-refractivity contribution in [2.45, 2.75) is 43.9 Å². The molecule has 0 unspecified atom stereocenters. The molecule has 0 bridgehead atoms. The molecule has 3 rings (SSSR count). The molecule has 2 aromatic rings. The molecule has 0 radical (unpaired) electrons. The monoisotopic (exact) mass is 337 g/mol. The van der Waals surface area contributed by atoms with E-state index in [0.717, 1.165) is 18.6 Å². The van der Waals surface area contributed by atoms with Crippen LogP contribution in [0.3, 0.4) is 0 Å². The van der Waals surface area contributed by atoms with E-state index in [9.17, 15) is 18.0 Å². The summed E-state index contributed by atoms with van der Waals surface area (Å²) >= 11 is 0. The van der Waals surface area contributed by atoms with Crippen LogP contribution in [0.4, 0.5) is 13.2 Å². The predicted octanol–water partition coefficient (Wildman–Crippen LogP) is 3.66.